The fraction of sp³-hybridized carbons (Fsp3) is 0.333. The maximum atomic E-state index is 11.0. The van der Waals surface area contributed by atoms with Crippen molar-refractivity contribution in [2.24, 2.45) is 0 Å². The largest absolute Gasteiger partial charge is 0.385 e. The van der Waals surface area contributed by atoms with Crippen molar-refractivity contribution in [2.45, 2.75) is 31.3 Å². The Morgan fingerprint density at radius 1 is 1.22 bits per heavy atom. The highest BCUT2D eigenvalue weighted by Crippen LogP contribution is 2.39. The summed E-state index contributed by atoms with van der Waals surface area (Å²) in [4.78, 5) is 1.24. The number of aliphatic hydroxyl groups is 1. The number of aryl methyl sites for hydroxylation is 1. The smallest absolute Gasteiger partial charge is 0.0947 e. The number of thiophene rings is 1. The van der Waals surface area contributed by atoms with Crippen LogP contribution in [-0.4, -0.2) is 5.11 Å². The van der Waals surface area contributed by atoms with Gasteiger partial charge in [-0.1, -0.05) is 24.3 Å². The quantitative estimate of drug-likeness (QED) is 0.875. The van der Waals surface area contributed by atoms with Crippen molar-refractivity contribution < 1.29 is 5.11 Å². The van der Waals surface area contributed by atoms with Gasteiger partial charge in [0.2, 0.25) is 0 Å². The number of hydrogen-bond donors (Lipinski definition) is 1. The van der Waals surface area contributed by atoms with Gasteiger partial charge in [-0.25, -0.2) is 0 Å². The Balaban J connectivity index is 1.95. The maximum Gasteiger partial charge on any atom is 0.0947 e. The van der Waals surface area contributed by atoms with E-state index in [1.165, 1.54) is 10.4 Å². The van der Waals surface area contributed by atoms with E-state index in [0.717, 1.165) is 35.0 Å². The monoisotopic (exact) mass is 322 g/mol. The van der Waals surface area contributed by atoms with Crippen molar-refractivity contribution >= 4 is 27.3 Å². The second-order valence-electron chi connectivity index (χ2n) is 4.92. The average molecular weight is 323 g/mol. The SMILES string of the molecule is OC1(Cc2ccc(Br)s2)CCCc2ccccc21. The molecule has 1 aromatic heterocycles. The van der Waals surface area contributed by atoms with Gasteiger partial charge in [0, 0.05) is 11.3 Å². The highest BCUT2D eigenvalue weighted by Gasteiger charge is 2.34. The van der Waals surface area contributed by atoms with Crippen molar-refractivity contribution in [3.8, 4) is 0 Å². The second kappa shape index (κ2) is 4.80. The van der Waals surface area contributed by atoms with Gasteiger partial charge in [-0.05, 0) is 58.5 Å². The van der Waals surface area contributed by atoms with Crippen molar-refractivity contribution in [2.75, 3.05) is 0 Å². The Bertz CT molecular complexity index is 563. The molecule has 1 atom stereocenters. The van der Waals surface area contributed by atoms with Gasteiger partial charge in [-0.3, -0.25) is 0 Å². The van der Waals surface area contributed by atoms with E-state index in [-0.39, 0.29) is 0 Å². The molecule has 2 aromatic rings. The lowest BCUT2D eigenvalue weighted by Crippen LogP contribution is -2.32. The Kier molecular flexibility index (Phi) is 3.31. The zero-order valence-corrected chi connectivity index (χ0v) is 12.4. The summed E-state index contributed by atoms with van der Waals surface area (Å²) in [6, 6.07) is 12.5. The molecule has 1 N–H and O–H groups in total. The number of fused-ring (bicyclic) bond motifs is 1. The van der Waals surface area contributed by atoms with Gasteiger partial charge in [-0.2, -0.15) is 0 Å². The summed E-state index contributed by atoms with van der Waals surface area (Å²) in [7, 11) is 0. The molecule has 1 heterocycles. The van der Waals surface area contributed by atoms with Gasteiger partial charge in [0.25, 0.3) is 0 Å². The van der Waals surface area contributed by atoms with Crippen LogP contribution in [0.4, 0.5) is 0 Å². The molecule has 1 aliphatic carbocycles. The molecular weight excluding hydrogens is 308 g/mol. The average Bonchev–Trinajstić information content (AvgIpc) is 2.75. The highest BCUT2D eigenvalue weighted by molar-refractivity contribution is 9.11. The molecular formula is C15H15BrOS. The van der Waals surface area contributed by atoms with E-state index in [1.54, 1.807) is 11.3 Å². The van der Waals surface area contributed by atoms with Crippen LogP contribution in [0.5, 0.6) is 0 Å². The second-order valence-corrected chi connectivity index (χ2v) is 7.47. The van der Waals surface area contributed by atoms with Gasteiger partial charge in [0.1, 0.15) is 0 Å². The number of benzene rings is 1. The molecule has 0 spiro atoms. The predicted octanol–water partition coefficient (Wildman–Crippen LogP) is 4.28. The molecule has 3 heteroatoms. The van der Waals surface area contributed by atoms with Crippen LogP contribution in [0, 0.1) is 0 Å². The Morgan fingerprint density at radius 3 is 2.83 bits per heavy atom. The molecule has 0 amide bonds. The fourth-order valence-corrected chi connectivity index (χ4v) is 4.41. The predicted molar refractivity (Wildman–Crippen MR) is 79.0 cm³/mol. The number of rotatable bonds is 2. The van der Waals surface area contributed by atoms with Crippen LogP contribution in [0.25, 0.3) is 0 Å². The van der Waals surface area contributed by atoms with Gasteiger partial charge in [-0.15, -0.1) is 11.3 Å². The molecule has 18 heavy (non-hydrogen) atoms. The van der Waals surface area contributed by atoms with E-state index in [1.807, 2.05) is 6.07 Å². The lowest BCUT2D eigenvalue weighted by molar-refractivity contribution is 0.0198. The maximum absolute atomic E-state index is 11.0. The summed E-state index contributed by atoms with van der Waals surface area (Å²) in [5, 5.41) is 11.0. The van der Waals surface area contributed by atoms with E-state index < -0.39 is 5.60 Å². The van der Waals surface area contributed by atoms with E-state index in [2.05, 4.69) is 46.3 Å². The van der Waals surface area contributed by atoms with Crippen LogP contribution in [-0.2, 0) is 18.4 Å². The minimum Gasteiger partial charge on any atom is -0.385 e. The first kappa shape index (κ1) is 12.4. The molecule has 94 valence electrons. The van der Waals surface area contributed by atoms with E-state index in [9.17, 15) is 5.11 Å². The fourth-order valence-electron chi connectivity index (χ4n) is 2.82. The Hall–Kier alpha value is -0.640. The van der Waals surface area contributed by atoms with Crippen LogP contribution in [0.2, 0.25) is 0 Å². The van der Waals surface area contributed by atoms with Gasteiger partial charge in [0.05, 0.1) is 9.39 Å². The zero-order valence-electron chi connectivity index (χ0n) is 10.0. The van der Waals surface area contributed by atoms with Crippen molar-refractivity contribution in [1.29, 1.82) is 0 Å². The van der Waals surface area contributed by atoms with Crippen LogP contribution < -0.4 is 0 Å². The third-order valence-corrected chi connectivity index (χ3v) is 5.27. The molecule has 1 nitrogen and oxygen atoms in total. The summed E-state index contributed by atoms with van der Waals surface area (Å²) in [6.07, 6.45) is 3.74. The normalized spacial score (nSPS) is 22.8. The summed E-state index contributed by atoms with van der Waals surface area (Å²) < 4.78 is 1.13. The van der Waals surface area contributed by atoms with Crippen LogP contribution in [0.15, 0.2) is 40.2 Å². The lowest BCUT2D eigenvalue weighted by Gasteiger charge is -2.34. The van der Waals surface area contributed by atoms with Crippen molar-refractivity contribution in [1.82, 2.24) is 0 Å². The topological polar surface area (TPSA) is 20.2 Å². The van der Waals surface area contributed by atoms with Crippen molar-refractivity contribution in [3.63, 3.8) is 0 Å². The Labute approximate surface area is 120 Å². The summed E-state index contributed by atoms with van der Waals surface area (Å²) in [5.41, 5.74) is 1.75. The summed E-state index contributed by atoms with van der Waals surface area (Å²) in [5.74, 6) is 0. The molecule has 0 fully saturated rings. The van der Waals surface area contributed by atoms with Crippen LogP contribution in [0.3, 0.4) is 0 Å². The molecule has 0 saturated carbocycles. The molecule has 3 rings (SSSR count). The lowest BCUT2D eigenvalue weighted by atomic mass is 9.77. The van der Waals surface area contributed by atoms with E-state index >= 15 is 0 Å². The Morgan fingerprint density at radius 2 is 2.06 bits per heavy atom. The first-order valence-corrected chi connectivity index (χ1v) is 7.83. The van der Waals surface area contributed by atoms with Crippen molar-refractivity contribution in [3.05, 3.63) is 56.2 Å². The zero-order chi connectivity index (χ0) is 12.6. The standard InChI is InChI=1S/C15H15BrOS/c16-14-8-7-12(18-14)10-15(17)9-3-5-11-4-1-2-6-13(11)15/h1-2,4,6-8,17H,3,5,9-10H2. The third-order valence-electron chi connectivity index (χ3n) is 3.65. The van der Waals surface area contributed by atoms with E-state index in [0.29, 0.717) is 0 Å². The van der Waals surface area contributed by atoms with Gasteiger partial charge < -0.3 is 5.11 Å². The first-order valence-electron chi connectivity index (χ1n) is 6.22. The highest BCUT2D eigenvalue weighted by atomic mass is 79.9. The molecule has 0 bridgehead atoms. The van der Waals surface area contributed by atoms with Gasteiger partial charge in [0.15, 0.2) is 0 Å². The summed E-state index contributed by atoms with van der Waals surface area (Å²) in [6.45, 7) is 0. The molecule has 1 unspecified atom stereocenters. The first-order chi connectivity index (χ1) is 8.67. The molecule has 1 aliphatic rings. The van der Waals surface area contributed by atoms with Crippen LogP contribution >= 0.6 is 27.3 Å². The van der Waals surface area contributed by atoms with Crippen LogP contribution in [0.1, 0.15) is 28.8 Å². The molecule has 0 aliphatic heterocycles. The van der Waals surface area contributed by atoms with Gasteiger partial charge >= 0.3 is 0 Å². The third kappa shape index (κ3) is 2.27. The van der Waals surface area contributed by atoms with E-state index in [4.69, 9.17) is 0 Å². The minimum absolute atomic E-state index is 0.681. The number of halogens is 1. The minimum atomic E-state index is -0.681. The number of hydrogen-bond acceptors (Lipinski definition) is 2. The molecule has 1 aromatic carbocycles. The molecule has 0 radical (unpaired) electrons. The molecule has 0 saturated heterocycles. The summed E-state index contributed by atoms with van der Waals surface area (Å²) >= 11 is 5.19.